The molecule has 0 saturated heterocycles. The summed E-state index contributed by atoms with van der Waals surface area (Å²) in [5.41, 5.74) is 5.39. The summed E-state index contributed by atoms with van der Waals surface area (Å²) in [6.45, 7) is 1.88. The van der Waals surface area contributed by atoms with Gasteiger partial charge in [-0.1, -0.05) is 0 Å². The average molecular weight is 282 g/mol. The molecule has 2 aliphatic carbocycles. The van der Waals surface area contributed by atoms with E-state index in [0.29, 0.717) is 11.3 Å². The van der Waals surface area contributed by atoms with E-state index in [1.165, 1.54) is 23.7 Å². The average Bonchev–Trinajstić information content (AvgIpc) is 2.87. The van der Waals surface area contributed by atoms with Crippen LogP contribution in [0.1, 0.15) is 23.2 Å². The Kier molecular flexibility index (Phi) is 2.04. The lowest BCUT2D eigenvalue weighted by Crippen LogP contribution is -2.04. The molecule has 2 aromatic heterocycles. The minimum atomic E-state index is -0.279. The molecule has 106 valence electrons. The van der Waals surface area contributed by atoms with E-state index in [9.17, 15) is 4.39 Å². The third-order valence-corrected chi connectivity index (χ3v) is 4.86. The number of halogens is 1. The Morgan fingerprint density at radius 2 is 2.10 bits per heavy atom. The maximum atomic E-state index is 14.0. The standard InChI is InChI=1S/C16H15FN4/c1-7-2-11(17)15-13(3-7)18-16(19-15)14-10-5-8-4-9(8)6-12(10)20-21-14/h2-3,8-9H,4-6H2,1H3,(H,18,19)(H,20,21). The van der Waals surface area contributed by atoms with Crippen molar-refractivity contribution in [3.63, 3.8) is 0 Å². The van der Waals surface area contributed by atoms with Gasteiger partial charge in [0, 0.05) is 11.3 Å². The van der Waals surface area contributed by atoms with Gasteiger partial charge in [-0.25, -0.2) is 9.37 Å². The molecule has 0 bridgehead atoms. The van der Waals surface area contributed by atoms with Gasteiger partial charge in [0.2, 0.25) is 0 Å². The second-order valence-corrected chi connectivity index (χ2v) is 6.42. The zero-order chi connectivity index (χ0) is 14.1. The predicted octanol–water partition coefficient (Wildman–Crippen LogP) is 3.14. The van der Waals surface area contributed by atoms with Gasteiger partial charge in [0.1, 0.15) is 11.2 Å². The van der Waals surface area contributed by atoms with Crippen molar-refractivity contribution in [2.24, 2.45) is 11.8 Å². The summed E-state index contributed by atoms with van der Waals surface area (Å²) in [4.78, 5) is 7.65. The summed E-state index contributed by atoms with van der Waals surface area (Å²) in [5, 5.41) is 7.58. The molecular formula is C16H15FN4. The number of H-pyrrole nitrogens is 2. The number of hydrogen-bond acceptors (Lipinski definition) is 2. The first-order valence-electron chi connectivity index (χ1n) is 7.41. The number of aromatic nitrogens is 4. The molecule has 21 heavy (non-hydrogen) atoms. The van der Waals surface area contributed by atoms with Crippen LogP contribution >= 0.6 is 0 Å². The molecule has 0 amide bonds. The van der Waals surface area contributed by atoms with E-state index in [1.54, 1.807) is 0 Å². The highest BCUT2D eigenvalue weighted by molar-refractivity contribution is 5.80. The highest BCUT2D eigenvalue weighted by Crippen LogP contribution is 2.49. The van der Waals surface area contributed by atoms with Crippen LogP contribution in [0.15, 0.2) is 12.1 Å². The van der Waals surface area contributed by atoms with Gasteiger partial charge >= 0.3 is 0 Å². The lowest BCUT2D eigenvalue weighted by atomic mass is 9.96. The second-order valence-electron chi connectivity index (χ2n) is 6.42. The van der Waals surface area contributed by atoms with Crippen LogP contribution in [0, 0.1) is 24.6 Å². The Labute approximate surface area is 120 Å². The second kappa shape index (κ2) is 3.72. The predicted molar refractivity (Wildman–Crippen MR) is 77.4 cm³/mol. The number of fused-ring (bicyclic) bond motifs is 3. The third kappa shape index (κ3) is 1.60. The molecular weight excluding hydrogens is 267 g/mol. The molecule has 2 heterocycles. The molecule has 2 atom stereocenters. The molecule has 0 aliphatic heterocycles. The van der Waals surface area contributed by atoms with Crippen LogP contribution in [0.5, 0.6) is 0 Å². The van der Waals surface area contributed by atoms with Gasteiger partial charge in [-0.3, -0.25) is 5.10 Å². The zero-order valence-corrected chi connectivity index (χ0v) is 11.7. The molecule has 2 N–H and O–H groups in total. The lowest BCUT2D eigenvalue weighted by Gasteiger charge is -2.09. The van der Waals surface area contributed by atoms with Crippen LogP contribution in [0.4, 0.5) is 4.39 Å². The van der Waals surface area contributed by atoms with Crippen molar-refractivity contribution in [1.29, 1.82) is 0 Å². The number of nitrogens with zero attached hydrogens (tertiary/aromatic N) is 2. The number of rotatable bonds is 1. The molecule has 4 nitrogen and oxygen atoms in total. The van der Waals surface area contributed by atoms with Crippen LogP contribution in [0.2, 0.25) is 0 Å². The van der Waals surface area contributed by atoms with E-state index in [0.717, 1.165) is 41.5 Å². The van der Waals surface area contributed by atoms with E-state index in [4.69, 9.17) is 0 Å². The summed E-state index contributed by atoms with van der Waals surface area (Å²) < 4.78 is 14.0. The van der Waals surface area contributed by atoms with Gasteiger partial charge < -0.3 is 4.98 Å². The van der Waals surface area contributed by atoms with Gasteiger partial charge in [-0.15, -0.1) is 0 Å². The third-order valence-electron chi connectivity index (χ3n) is 4.86. The van der Waals surface area contributed by atoms with Crippen molar-refractivity contribution in [2.45, 2.75) is 26.2 Å². The van der Waals surface area contributed by atoms with Crippen molar-refractivity contribution in [1.82, 2.24) is 20.2 Å². The van der Waals surface area contributed by atoms with Crippen LogP contribution in [-0.2, 0) is 12.8 Å². The molecule has 1 fully saturated rings. The van der Waals surface area contributed by atoms with Crippen molar-refractivity contribution < 1.29 is 4.39 Å². The Balaban J connectivity index is 1.68. The minimum absolute atomic E-state index is 0.279. The van der Waals surface area contributed by atoms with Crippen molar-refractivity contribution in [3.05, 3.63) is 34.8 Å². The lowest BCUT2D eigenvalue weighted by molar-refractivity contribution is 0.636. The molecule has 3 aromatic rings. The largest absolute Gasteiger partial charge is 0.336 e. The number of nitrogens with one attached hydrogen (secondary N) is 2. The number of benzene rings is 1. The number of hydrogen-bond donors (Lipinski definition) is 2. The molecule has 1 saturated carbocycles. The van der Waals surface area contributed by atoms with Gasteiger partial charge in [0.25, 0.3) is 0 Å². The molecule has 2 aliphatic rings. The summed E-state index contributed by atoms with van der Waals surface area (Å²) >= 11 is 0. The smallest absolute Gasteiger partial charge is 0.159 e. The highest BCUT2D eigenvalue weighted by atomic mass is 19.1. The quantitative estimate of drug-likeness (QED) is 0.720. The topological polar surface area (TPSA) is 57.4 Å². The van der Waals surface area contributed by atoms with Crippen LogP contribution in [0.3, 0.4) is 0 Å². The van der Waals surface area contributed by atoms with E-state index < -0.39 is 0 Å². The van der Waals surface area contributed by atoms with Crippen molar-refractivity contribution >= 4 is 11.0 Å². The van der Waals surface area contributed by atoms with Gasteiger partial charge in [-0.05, 0) is 55.7 Å². The molecule has 5 rings (SSSR count). The normalized spacial score (nSPS) is 23.1. The maximum absolute atomic E-state index is 14.0. The number of aryl methyl sites for hydroxylation is 1. The Morgan fingerprint density at radius 3 is 3.00 bits per heavy atom. The zero-order valence-electron chi connectivity index (χ0n) is 11.7. The van der Waals surface area contributed by atoms with Crippen LogP contribution in [-0.4, -0.2) is 20.2 Å². The Morgan fingerprint density at radius 1 is 1.24 bits per heavy atom. The van der Waals surface area contributed by atoms with Crippen LogP contribution in [0.25, 0.3) is 22.6 Å². The monoisotopic (exact) mass is 282 g/mol. The first-order valence-corrected chi connectivity index (χ1v) is 7.41. The molecule has 5 heteroatoms. The first kappa shape index (κ1) is 11.5. The molecule has 2 unspecified atom stereocenters. The number of aromatic amines is 2. The Bertz CT molecular complexity index is 876. The number of imidazole rings is 1. The SMILES string of the molecule is Cc1cc(F)c2nc(-c3n[nH]c4c3CC3CC3C4)[nH]c2c1. The fourth-order valence-electron chi connectivity index (χ4n) is 3.64. The van der Waals surface area contributed by atoms with Gasteiger partial charge in [0.05, 0.1) is 5.52 Å². The van der Waals surface area contributed by atoms with E-state index in [-0.39, 0.29) is 5.82 Å². The van der Waals surface area contributed by atoms with E-state index in [2.05, 4.69) is 20.2 Å². The molecule has 0 spiro atoms. The van der Waals surface area contributed by atoms with Gasteiger partial charge in [0.15, 0.2) is 11.6 Å². The fraction of sp³-hybridized carbons (Fsp3) is 0.375. The summed E-state index contributed by atoms with van der Waals surface area (Å²) in [5.74, 6) is 2.06. The molecule has 1 aromatic carbocycles. The molecule has 0 radical (unpaired) electrons. The highest BCUT2D eigenvalue weighted by Gasteiger charge is 2.43. The maximum Gasteiger partial charge on any atom is 0.159 e. The van der Waals surface area contributed by atoms with Crippen molar-refractivity contribution in [2.75, 3.05) is 0 Å². The van der Waals surface area contributed by atoms with Gasteiger partial charge in [-0.2, -0.15) is 5.10 Å². The fourth-order valence-corrected chi connectivity index (χ4v) is 3.64. The summed E-state index contributed by atoms with van der Waals surface area (Å²) in [7, 11) is 0. The van der Waals surface area contributed by atoms with E-state index >= 15 is 0 Å². The van der Waals surface area contributed by atoms with E-state index in [1.807, 2.05) is 13.0 Å². The summed E-state index contributed by atoms with van der Waals surface area (Å²) in [6, 6.07) is 3.44. The minimum Gasteiger partial charge on any atom is -0.336 e. The Hall–Kier alpha value is -2.17. The summed E-state index contributed by atoms with van der Waals surface area (Å²) in [6.07, 6.45) is 3.50. The van der Waals surface area contributed by atoms with Crippen LogP contribution < -0.4 is 0 Å². The first-order chi connectivity index (χ1) is 10.2. The van der Waals surface area contributed by atoms with Crippen molar-refractivity contribution in [3.8, 4) is 11.5 Å².